The molecule has 0 atom stereocenters. The van der Waals surface area contributed by atoms with Crippen LogP contribution in [0.5, 0.6) is 0 Å². The minimum absolute atomic E-state index is 0. The summed E-state index contributed by atoms with van der Waals surface area (Å²) in [5.41, 5.74) is 2.01. The number of aliphatic imine (C=N–C) groups is 1. The molecule has 0 heterocycles. The SMILES string of the molecule is CCNC(=NCc1cccc(S(=O)(=O)NCCOC)c1)N(C)Cc1ccccc1.I. The lowest BCUT2D eigenvalue weighted by Gasteiger charge is -2.22. The number of ether oxygens (including phenoxy) is 1. The predicted octanol–water partition coefficient (Wildman–Crippen LogP) is 2.83. The fourth-order valence-corrected chi connectivity index (χ4v) is 3.82. The number of benzene rings is 2. The van der Waals surface area contributed by atoms with E-state index in [9.17, 15) is 8.42 Å². The molecule has 0 radical (unpaired) electrons. The summed E-state index contributed by atoms with van der Waals surface area (Å²) in [6, 6.07) is 17.0. The Hall–Kier alpha value is -1.69. The highest BCUT2D eigenvalue weighted by molar-refractivity contribution is 14.0. The maximum Gasteiger partial charge on any atom is 0.240 e. The molecule has 0 aliphatic heterocycles. The minimum Gasteiger partial charge on any atom is -0.383 e. The molecule has 0 aromatic heterocycles. The maximum absolute atomic E-state index is 12.4. The van der Waals surface area contributed by atoms with E-state index >= 15 is 0 Å². The Morgan fingerprint density at radius 1 is 1.10 bits per heavy atom. The Bertz CT molecular complexity index is 892. The molecule has 7 nitrogen and oxygen atoms in total. The van der Waals surface area contributed by atoms with Gasteiger partial charge in [-0.2, -0.15) is 0 Å². The lowest BCUT2D eigenvalue weighted by Crippen LogP contribution is -2.38. The summed E-state index contributed by atoms with van der Waals surface area (Å²) in [6.07, 6.45) is 0. The Kier molecular flexibility index (Phi) is 11.9. The molecule has 2 aromatic rings. The highest BCUT2D eigenvalue weighted by Crippen LogP contribution is 2.13. The van der Waals surface area contributed by atoms with E-state index in [1.165, 1.54) is 12.7 Å². The quantitative estimate of drug-likeness (QED) is 0.207. The molecule has 2 aromatic carbocycles. The second kappa shape index (κ2) is 13.6. The van der Waals surface area contributed by atoms with Crippen LogP contribution in [0.4, 0.5) is 0 Å². The van der Waals surface area contributed by atoms with E-state index in [0.29, 0.717) is 13.2 Å². The van der Waals surface area contributed by atoms with Crippen LogP contribution in [-0.2, 0) is 27.8 Å². The largest absolute Gasteiger partial charge is 0.383 e. The van der Waals surface area contributed by atoms with Crippen molar-refractivity contribution in [3.8, 4) is 0 Å². The van der Waals surface area contributed by atoms with Crippen LogP contribution in [-0.4, -0.2) is 53.1 Å². The second-order valence-corrected chi connectivity index (χ2v) is 8.32. The molecule has 0 saturated heterocycles. The fourth-order valence-electron chi connectivity index (χ4n) is 2.74. The van der Waals surface area contributed by atoms with Gasteiger partial charge in [-0.15, -0.1) is 24.0 Å². The first-order valence-corrected chi connectivity index (χ1v) is 11.1. The molecular formula is C21H31IN4O3S. The standard InChI is InChI=1S/C21H30N4O3S.HI/c1-4-22-21(25(2)17-18-9-6-5-7-10-18)23-16-19-11-8-12-20(15-19)29(26,27)24-13-14-28-3;/h5-12,15,24H,4,13-14,16-17H2,1-3H3,(H,22,23);1H. The van der Waals surface area contributed by atoms with Crippen LogP contribution in [0.2, 0.25) is 0 Å². The first kappa shape index (κ1) is 26.3. The third-order valence-corrected chi connectivity index (χ3v) is 5.64. The number of sulfonamides is 1. The second-order valence-electron chi connectivity index (χ2n) is 6.55. The molecule has 0 fully saturated rings. The molecule has 0 unspecified atom stereocenters. The summed E-state index contributed by atoms with van der Waals surface area (Å²) in [7, 11) is -0.0527. The molecule has 30 heavy (non-hydrogen) atoms. The van der Waals surface area contributed by atoms with Gasteiger partial charge in [0.15, 0.2) is 5.96 Å². The monoisotopic (exact) mass is 546 g/mol. The van der Waals surface area contributed by atoms with Gasteiger partial charge in [0, 0.05) is 33.8 Å². The summed E-state index contributed by atoms with van der Waals surface area (Å²) >= 11 is 0. The van der Waals surface area contributed by atoms with Crippen molar-refractivity contribution in [2.24, 2.45) is 4.99 Å². The zero-order chi connectivity index (χ0) is 21.1. The van der Waals surface area contributed by atoms with E-state index in [1.807, 2.05) is 43.1 Å². The number of halogens is 1. The van der Waals surface area contributed by atoms with Gasteiger partial charge in [-0.1, -0.05) is 42.5 Å². The van der Waals surface area contributed by atoms with Gasteiger partial charge in [-0.05, 0) is 30.2 Å². The molecule has 166 valence electrons. The zero-order valence-electron chi connectivity index (χ0n) is 17.7. The third kappa shape index (κ3) is 8.58. The van der Waals surface area contributed by atoms with E-state index < -0.39 is 10.0 Å². The van der Waals surface area contributed by atoms with Crippen LogP contribution < -0.4 is 10.0 Å². The Balaban J connectivity index is 0.00000450. The third-order valence-electron chi connectivity index (χ3n) is 4.18. The van der Waals surface area contributed by atoms with E-state index in [2.05, 4.69) is 27.2 Å². The Morgan fingerprint density at radius 3 is 2.47 bits per heavy atom. The summed E-state index contributed by atoms with van der Waals surface area (Å²) < 4.78 is 32.2. The highest BCUT2D eigenvalue weighted by atomic mass is 127. The highest BCUT2D eigenvalue weighted by Gasteiger charge is 2.14. The molecule has 0 bridgehead atoms. The zero-order valence-corrected chi connectivity index (χ0v) is 20.8. The molecule has 9 heteroatoms. The minimum atomic E-state index is -3.57. The van der Waals surface area contributed by atoms with E-state index in [0.717, 1.165) is 24.6 Å². The van der Waals surface area contributed by atoms with Crippen LogP contribution >= 0.6 is 24.0 Å². The van der Waals surface area contributed by atoms with Crippen LogP contribution in [0.1, 0.15) is 18.1 Å². The van der Waals surface area contributed by atoms with E-state index in [4.69, 9.17) is 4.74 Å². The molecule has 0 spiro atoms. The summed E-state index contributed by atoms with van der Waals surface area (Å²) in [6.45, 7) is 4.42. The normalized spacial score (nSPS) is 11.6. The molecular weight excluding hydrogens is 515 g/mol. The van der Waals surface area contributed by atoms with Crippen molar-refractivity contribution in [2.75, 3.05) is 33.9 Å². The van der Waals surface area contributed by atoms with Gasteiger partial charge in [0.05, 0.1) is 18.0 Å². The van der Waals surface area contributed by atoms with Gasteiger partial charge in [0.25, 0.3) is 0 Å². The predicted molar refractivity (Wildman–Crippen MR) is 132 cm³/mol. The molecule has 2 rings (SSSR count). The number of hydrogen-bond acceptors (Lipinski definition) is 4. The molecule has 0 aliphatic carbocycles. The Morgan fingerprint density at radius 2 is 1.80 bits per heavy atom. The number of hydrogen-bond donors (Lipinski definition) is 2. The van der Waals surface area contributed by atoms with Crippen molar-refractivity contribution in [3.63, 3.8) is 0 Å². The number of rotatable bonds is 10. The maximum atomic E-state index is 12.4. The summed E-state index contributed by atoms with van der Waals surface area (Å²) in [5, 5.41) is 3.28. The van der Waals surface area contributed by atoms with Gasteiger partial charge in [0.1, 0.15) is 0 Å². The van der Waals surface area contributed by atoms with Gasteiger partial charge in [-0.3, -0.25) is 0 Å². The fraction of sp³-hybridized carbons (Fsp3) is 0.381. The molecule has 0 saturated carbocycles. The van der Waals surface area contributed by atoms with Crippen molar-refractivity contribution in [3.05, 3.63) is 65.7 Å². The average Bonchev–Trinajstić information content (AvgIpc) is 2.72. The molecule has 0 amide bonds. The topological polar surface area (TPSA) is 83.0 Å². The molecule has 2 N–H and O–H groups in total. The van der Waals surface area contributed by atoms with Crippen LogP contribution in [0.25, 0.3) is 0 Å². The van der Waals surface area contributed by atoms with Crippen molar-refractivity contribution in [1.29, 1.82) is 0 Å². The van der Waals surface area contributed by atoms with Gasteiger partial charge in [-0.25, -0.2) is 18.1 Å². The van der Waals surface area contributed by atoms with Crippen molar-refractivity contribution in [1.82, 2.24) is 14.9 Å². The smallest absolute Gasteiger partial charge is 0.240 e. The van der Waals surface area contributed by atoms with Crippen LogP contribution in [0.3, 0.4) is 0 Å². The van der Waals surface area contributed by atoms with Gasteiger partial charge < -0.3 is 15.0 Å². The number of guanidine groups is 1. The summed E-state index contributed by atoms with van der Waals surface area (Å²) in [5.74, 6) is 0.767. The average molecular weight is 546 g/mol. The van der Waals surface area contributed by atoms with Crippen LogP contribution in [0, 0.1) is 0 Å². The first-order valence-electron chi connectivity index (χ1n) is 9.57. The number of nitrogens with zero attached hydrogens (tertiary/aromatic N) is 2. The lowest BCUT2D eigenvalue weighted by molar-refractivity contribution is 0.204. The van der Waals surface area contributed by atoms with E-state index in [-0.39, 0.29) is 35.4 Å². The Labute approximate surface area is 197 Å². The first-order chi connectivity index (χ1) is 14.0. The van der Waals surface area contributed by atoms with Crippen LogP contribution in [0.15, 0.2) is 64.5 Å². The number of nitrogens with one attached hydrogen (secondary N) is 2. The van der Waals surface area contributed by atoms with Crippen molar-refractivity contribution < 1.29 is 13.2 Å². The van der Waals surface area contributed by atoms with Gasteiger partial charge >= 0.3 is 0 Å². The number of methoxy groups -OCH3 is 1. The van der Waals surface area contributed by atoms with Crippen molar-refractivity contribution in [2.45, 2.75) is 24.9 Å². The summed E-state index contributed by atoms with van der Waals surface area (Å²) in [4.78, 5) is 6.95. The van der Waals surface area contributed by atoms with Gasteiger partial charge in [0.2, 0.25) is 10.0 Å². The molecule has 0 aliphatic rings. The lowest BCUT2D eigenvalue weighted by atomic mass is 10.2. The van der Waals surface area contributed by atoms with Crippen molar-refractivity contribution >= 4 is 40.0 Å². The van der Waals surface area contributed by atoms with E-state index in [1.54, 1.807) is 18.2 Å².